The van der Waals surface area contributed by atoms with E-state index < -0.39 is 0 Å². The highest BCUT2D eigenvalue weighted by molar-refractivity contribution is 5.75. The topological polar surface area (TPSA) is 29.1 Å². The Balaban J connectivity index is 3.13. The minimum Gasteiger partial charge on any atom is -0.356 e. The van der Waals surface area contributed by atoms with Crippen LogP contribution in [0.2, 0.25) is 0 Å². The average Bonchev–Trinajstić information content (AvgIpc) is 2.23. The zero-order valence-corrected chi connectivity index (χ0v) is 10.1. The molecule has 0 atom stereocenters. The van der Waals surface area contributed by atoms with Gasteiger partial charge in [0.1, 0.15) is 0 Å². The lowest BCUT2D eigenvalue weighted by Crippen LogP contribution is -2.23. The summed E-state index contributed by atoms with van der Waals surface area (Å²) in [5, 5.41) is 2.88. The fourth-order valence-corrected chi connectivity index (χ4v) is 1.47. The Labute approximate surface area is 94.1 Å². The first-order valence-corrected chi connectivity index (χ1v) is 6.18. The van der Waals surface area contributed by atoms with Crippen LogP contribution in [0.4, 0.5) is 0 Å². The van der Waals surface area contributed by atoms with E-state index >= 15 is 0 Å². The van der Waals surface area contributed by atoms with Crippen molar-refractivity contribution in [2.24, 2.45) is 0 Å². The number of unbranched alkanes of at least 4 members (excludes halogenated alkanes) is 5. The van der Waals surface area contributed by atoms with E-state index in [1.54, 1.807) is 0 Å². The summed E-state index contributed by atoms with van der Waals surface area (Å²) in [6, 6.07) is 0. The maximum absolute atomic E-state index is 11.3. The van der Waals surface area contributed by atoms with E-state index in [0.29, 0.717) is 6.42 Å². The summed E-state index contributed by atoms with van der Waals surface area (Å²) in [7, 11) is 0. The maximum atomic E-state index is 11.3. The molecule has 0 aromatic rings. The quantitative estimate of drug-likeness (QED) is 0.435. The first kappa shape index (κ1) is 14.2. The Kier molecular flexibility index (Phi) is 10.7. The third kappa shape index (κ3) is 11.1. The summed E-state index contributed by atoms with van der Waals surface area (Å²) < 4.78 is 0. The molecule has 0 heterocycles. The maximum Gasteiger partial charge on any atom is 0.220 e. The van der Waals surface area contributed by atoms with Gasteiger partial charge in [0, 0.05) is 13.0 Å². The van der Waals surface area contributed by atoms with E-state index in [4.69, 9.17) is 0 Å². The Morgan fingerprint density at radius 1 is 1.20 bits per heavy atom. The van der Waals surface area contributed by atoms with Crippen LogP contribution in [0.1, 0.15) is 58.3 Å². The molecule has 0 aliphatic rings. The van der Waals surface area contributed by atoms with E-state index in [9.17, 15) is 4.79 Å². The van der Waals surface area contributed by atoms with E-state index in [0.717, 1.165) is 19.4 Å². The molecule has 0 saturated heterocycles. The first-order valence-electron chi connectivity index (χ1n) is 6.18. The smallest absolute Gasteiger partial charge is 0.220 e. The summed E-state index contributed by atoms with van der Waals surface area (Å²) in [5.41, 5.74) is 0. The van der Waals surface area contributed by atoms with E-state index in [1.165, 1.54) is 32.1 Å². The largest absolute Gasteiger partial charge is 0.356 e. The van der Waals surface area contributed by atoms with Gasteiger partial charge >= 0.3 is 0 Å². The average molecular weight is 211 g/mol. The third-order valence-electron chi connectivity index (χ3n) is 2.43. The van der Waals surface area contributed by atoms with Crippen molar-refractivity contribution < 1.29 is 4.79 Å². The highest BCUT2D eigenvalue weighted by Crippen LogP contribution is 2.06. The summed E-state index contributed by atoms with van der Waals surface area (Å²) in [6.07, 6.45) is 10.8. The highest BCUT2D eigenvalue weighted by atomic mass is 16.1. The second kappa shape index (κ2) is 11.3. The van der Waals surface area contributed by atoms with Crippen LogP contribution in [-0.4, -0.2) is 12.5 Å². The van der Waals surface area contributed by atoms with Gasteiger partial charge in [-0.15, -0.1) is 6.58 Å². The zero-order chi connectivity index (χ0) is 11.4. The van der Waals surface area contributed by atoms with Crippen LogP contribution in [0.25, 0.3) is 0 Å². The van der Waals surface area contributed by atoms with Gasteiger partial charge in [-0.05, 0) is 12.8 Å². The summed E-state index contributed by atoms with van der Waals surface area (Å²) in [5.74, 6) is 0.187. The standard InChI is InChI=1S/C13H25NO/c1-3-5-7-8-9-10-11-13(15)14-12-6-4-2/h4H,2-3,5-12H2,1H3,(H,14,15). The molecule has 0 aliphatic heterocycles. The number of nitrogens with one attached hydrogen (secondary N) is 1. The van der Waals surface area contributed by atoms with Crippen molar-refractivity contribution in [2.45, 2.75) is 58.3 Å². The zero-order valence-electron chi connectivity index (χ0n) is 10.1. The van der Waals surface area contributed by atoms with Crippen LogP contribution in [-0.2, 0) is 4.79 Å². The minimum absolute atomic E-state index is 0.187. The van der Waals surface area contributed by atoms with Crippen molar-refractivity contribution in [3.05, 3.63) is 12.7 Å². The molecule has 88 valence electrons. The Hall–Kier alpha value is -0.790. The van der Waals surface area contributed by atoms with Gasteiger partial charge in [-0.1, -0.05) is 45.1 Å². The van der Waals surface area contributed by atoms with Crippen LogP contribution < -0.4 is 5.32 Å². The molecule has 0 radical (unpaired) electrons. The molecular weight excluding hydrogens is 186 g/mol. The van der Waals surface area contributed by atoms with Gasteiger partial charge in [0.15, 0.2) is 0 Å². The molecule has 0 aromatic heterocycles. The van der Waals surface area contributed by atoms with Gasteiger partial charge in [0.05, 0.1) is 0 Å². The molecule has 2 nitrogen and oxygen atoms in total. The van der Waals surface area contributed by atoms with Crippen molar-refractivity contribution in [2.75, 3.05) is 6.54 Å². The van der Waals surface area contributed by atoms with Crippen molar-refractivity contribution >= 4 is 5.91 Å². The van der Waals surface area contributed by atoms with Gasteiger partial charge in [-0.2, -0.15) is 0 Å². The number of carbonyl (C=O) groups excluding carboxylic acids is 1. The van der Waals surface area contributed by atoms with E-state index in [1.807, 2.05) is 6.08 Å². The molecule has 0 aliphatic carbocycles. The van der Waals surface area contributed by atoms with Crippen molar-refractivity contribution in [1.29, 1.82) is 0 Å². The van der Waals surface area contributed by atoms with Gasteiger partial charge in [0.25, 0.3) is 0 Å². The molecule has 1 amide bonds. The molecule has 0 spiro atoms. The molecule has 0 unspecified atom stereocenters. The fourth-order valence-electron chi connectivity index (χ4n) is 1.47. The van der Waals surface area contributed by atoms with E-state index in [-0.39, 0.29) is 5.91 Å². The minimum atomic E-state index is 0.187. The normalized spacial score (nSPS) is 9.93. The van der Waals surface area contributed by atoms with E-state index in [2.05, 4.69) is 18.8 Å². The van der Waals surface area contributed by atoms with Crippen LogP contribution >= 0.6 is 0 Å². The molecule has 0 rings (SSSR count). The van der Waals surface area contributed by atoms with Gasteiger partial charge in [0.2, 0.25) is 5.91 Å². The van der Waals surface area contributed by atoms with Gasteiger partial charge in [-0.25, -0.2) is 0 Å². The summed E-state index contributed by atoms with van der Waals surface area (Å²) in [6.45, 7) is 6.56. The number of amides is 1. The fraction of sp³-hybridized carbons (Fsp3) is 0.769. The second-order valence-electron chi connectivity index (χ2n) is 3.95. The lowest BCUT2D eigenvalue weighted by Gasteiger charge is -2.03. The number of rotatable bonds is 10. The number of hydrogen-bond donors (Lipinski definition) is 1. The lowest BCUT2D eigenvalue weighted by atomic mass is 10.1. The molecule has 0 fully saturated rings. The van der Waals surface area contributed by atoms with Crippen LogP contribution in [0, 0.1) is 0 Å². The molecule has 0 bridgehead atoms. The molecule has 1 N–H and O–H groups in total. The predicted molar refractivity (Wildman–Crippen MR) is 65.8 cm³/mol. The highest BCUT2D eigenvalue weighted by Gasteiger charge is 1.98. The Morgan fingerprint density at radius 3 is 2.53 bits per heavy atom. The molecule has 0 saturated carbocycles. The van der Waals surface area contributed by atoms with Gasteiger partial charge < -0.3 is 5.32 Å². The number of carbonyl (C=O) groups is 1. The Bertz CT molecular complexity index is 166. The monoisotopic (exact) mass is 211 g/mol. The first-order chi connectivity index (χ1) is 7.31. The third-order valence-corrected chi connectivity index (χ3v) is 2.43. The van der Waals surface area contributed by atoms with Gasteiger partial charge in [-0.3, -0.25) is 4.79 Å². The molecule has 15 heavy (non-hydrogen) atoms. The number of hydrogen-bond acceptors (Lipinski definition) is 1. The molecular formula is C13H25NO. The predicted octanol–water partition coefficient (Wildman–Crippen LogP) is 3.43. The lowest BCUT2D eigenvalue weighted by molar-refractivity contribution is -0.121. The van der Waals surface area contributed by atoms with Crippen molar-refractivity contribution in [1.82, 2.24) is 5.32 Å². The Morgan fingerprint density at radius 2 is 1.87 bits per heavy atom. The SMILES string of the molecule is C=CCCNC(=O)CCCCCCCC. The van der Waals surface area contributed by atoms with Crippen LogP contribution in [0.5, 0.6) is 0 Å². The summed E-state index contributed by atoms with van der Waals surface area (Å²) in [4.78, 5) is 11.3. The molecule has 2 heteroatoms. The molecule has 0 aromatic carbocycles. The van der Waals surface area contributed by atoms with Crippen LogP contribution in [0.3, 0.4) is 0 Å². The second-order valence-corrected chi connectivity index (χ2v) is 3.95. The van der Waals surface area contributed by atoms with Crippen molar-refractivity contribution in [3.63, 3.8) is 0 Å². The summed E-state index contributed by atoms with van der Waals surface area (Å²) >= 11 is 0. The van der Waals surface area contributed by atoms with Crippen LogP contribution in [0.15, 0.2) is 12.7 Å². The van der Waals surface area contributed by atoms with Crippen molar-refractivity contribution in [3.8, 4) is 0 Å².